The highest BCUT2D eigenvalue weighted by atomic mass is 19.2. The second kappa shape index (κ2) is 5.53. The molecule has 0 radical (unpaired) electrons. The van der Waals surface area contributed by atoms with Crippen molar-refractivity contribution in [3.05, 3.63) is 35.1 Å². The Balaban J connectivity index is 2.21. The zero-order valence-electron chi connectivity index (χ0n) is 11.3. The maximum absolute atomic E-state index is 13.7. The zero-order valence-corrected chi connectivity index (χ0v) is 11.3. The van der Waals surface area contributed by atoms with E-state index in [1.54, 1.807) is 7.11 Å². The summed E-state index contributed by atoms with van der Waals surface area (Å²) >= 11 is 0. The number of ether oxygens (including phenoxy) is 1. The zero-order chi connectivity index (χ0) is 14.0. The molecule has 19 heavy (non-hydrogen) atoms. The molecule has 0 aliphatic heterocycles. The van der Waals surface area contributed by atoms with Crippen LogP contribution in [0.1, 0.15) is 38.2 Å². The molecule has 1 aromatic carbocycles. The van der Waals surface area contributed by atoms with Gasteiger partial charge in [0.15, 0.2) is 17.5 Å². The van der Waals surface area contributed by atoms with Crippen molar-refractivity contribution in [2.24, 2.45) is 5.92 Å². The molecule has 1 aliphatic carbocycles. The van der Waals surface area contributed by atoms with Gasteiger partial charge in [0, 0.05) is 13.5 Å². The van der Waals surface area contributed by atoms with Gasteiger partial charge in [0.1, 0.15) is 0 Å². The van der Waals surface area contributed by atoms with Crippen LogP contribution in [0.2, 0.25) is 0 Å². The summed E-state index contributed by atoms with van der Waals surface area (Å²) in [6, 6.07) is 2.29. The maximum atomic E-state index is 13.7. The van der Waals surface area contributed by atoms with Gasteiger partial charge in [-0.25, -0.2) is 13.2 Å². The van der Waals surface area contributed by atoms with Crippen molar-refractivity contribution in [1.82, 2.24) is 0 Å². The van der Waals surface area contributed by atoms with Crippen molar-refractivity contribution in [1.29, 1.82) is 0 Å². The predicted molar refractivity (Wildman–Crippen MR) is 67.4 cm³/mol. The van der Waals surface area contributed by atoms with E-state index < -0.39 is 23.1 Å². The van der Waals surface area contributed by atoms with Gasteiger partial charge in [-0.05, 0) is 43.2 Å². The first-order valence-electron chi connectivity index (χ1n) is 6.65. The predicted octanol–water partition coefficient (Wildman–Crippen LogP) is 4.24. The molecule has 106 valence electrons. The summed E-state index contributed by atoms with van der Waals surface area (Å²) in [5.74, 6) is -2.99. The van der Waals surface area contributed by atoms with Crippen LogP contribution in [-0.2, 0) is 11.2 Å². The Bertz CT molecular complexity index is 451. The van der Waals surface area contributed by atoms with Gasteiger partial charge in [0.2, 0.25) is 0 Å². The van der Waals surface area contributed by atoms with Crippen molar-refractivity contribution < 1.29 is 17.9 Å². The number of halogens is 3. The summed E-state index contributed by atoms with van der Waals surface area (Å²) in [6.07, 6.45) is 3.96. The van der Waals surface area contributed by atoms with Crippen LogP contribution in [0.5, 0.6) is 0 Å². The van der Waals surface area contributed by atoms with Gasteiger partial charge < -0.3 is 4.74 Å². The quantitative estimate of drug-likeness (QED) is 0.748. The highest BCUT2D eigenvalue weighted by Crippen LogP contribution is 2.37. The van der Waals surface area contributed by atoms with E-state index in [-0.39, 0.29) is 5.56 Å². The highest BCUT2D eigenvalue weighted by Gasteiger charge is 2.35. The summed E-state index contributed by atoms with van der Waals surface area (Å²) in [4.78, 5) is 0. The first-order valence-corrected chi connectivity index (χ1v) is 6.65. The van der Waals surface area contributed by atoms with Crippen molar-refractivity contribution in [3.63, 3.8) is 0 Å². The molecule has 0 heterocycles. The monoisotopic (exact) mass is 272 g/mol. The smallest absolute Gasteiger partial charge is 0.194 e. The molecule has 2 rings (SSSR count). The molecule has 0 spiro atoms. The van der Waals surface area contributed by atoms with Crippen molar-refractivity contribution in [2.75, 3.05) is 7.11 Å². The first kappa shape index (κ1) is 14.4. The Morgan fingerprint density at radius 3 is 2.37 bits per heavy atom. The van der Waals surface area contributed by atoms with Crippen molar-refractivity contribution >= 4 is 0 Å². The minimum atomic E-state index is -1.40. The van der Waals surface area contributed by atoms with Gasteiger partial charge >= 0.3 is 0 Å². The average molecular weight is 272 g/mol. The fourth-order valence-corrected chi connectivity index (χ4v) is 2.79. The van der Waals surface area contributed by atoms with E-state index in [2.05, 4.69) is 6.92 Å². The van der Waals surface area contributed by atoms with Crippen LogP contribution < -0.4 is 0 Å². The third kappa shape index (κ3) is 2.94. The summed E-state index contributed by atoms with van der Waals surface area (Å²) < 4.78 is 45.5. The van der Waals surface area contributed by atoms with Crippen LogP contribution in [-0.4, -0.2) is 12.7 Å². The SMILES string of the molecule is COC1(Cc2ccc(F)c(F)c2F)CCC(C)CC1. The van der Waals surface area contributed by atoms with Crippen LogP contribution in [0.3, 0.4) is 0 Å². The van der Waals surface area contributed by atoms with E-state index >= 15 is 0 Å². The van der Waals surface area contributed by atoms with Crippen molar-refractivity contribution in [2.45, 2.75) is 44.6 Å². The number of benzene rings is 1. The standard InChI is InChI=1S/C15H19F3O/c1-10-5-7-15(19-2,8-6-10)9-11-3-4-12(16)14(18)13(11)17/h3-4,10H,5-9H2,1-2H3. The minimum Gasteiger partial charge on any atom is -0.378 e. The topological polar surface area (TPSA) is 9.23 Å². The maximum Gasteiger partial charge on any atom is 0.194 e. The molecule has 0 bridgehead atoms. The van der Waals surface area contributed by atoms with E-state index in [1.165, 1.54) is 6.07 Å². The fourth-order valence-electron chi connectivity index (χ4n) is 2.79. The lowest BCUT2D eigenvalue weighted by Crippen LogP contribution is -2.38. The van der Waals surface area contributed by atoms with Crippen molar-refractivity contribution in [3.8, 4) is 0 Å². The Kier molecular flexibility index (Phi) is 4.19. The van der Waals surface area contributed by atoms with E-state index in [0.29, 0.717) is 12.3 Å². The van der Waals surface area contributed by atoms with Crippen LogP contribution in [0.15, 0.2) is 12.1 Å². The number of hydrogen-bond donors (Lipinski definition) is 0. The molecular weight excluding hydrogens is 253 g/mol. The Morgan fingerprint density at radius 1 is 1.16 bits per heavy atom. The van der Waals surface area contributed by atoms with Gasteiger partial charge in [-0.2, -0.15) is 0 Å². The Hall–Kier alpha value is -1.03. The lowest BCUT2D eigenvalue weighted by atomic mass is 9.76. The summed E-state index contributed by atoms with van der Waals surface area (Å²) in [5.41, 5.74) is -0.257. The largest absolute Gasteiger partial charge is 0.378 e. The van der Waals surface area contributed by atoms with E-state index in [9.17, 15) is 13.2 Å². The van der Waals surface area contributed by atoms with E-state index in [0.717, 1.165) is 31.7 Å². The van der Waals surface area contributed by atoms with Gasteiger partial charge in [-0.1, -0.05) is 13.0 Å². The molecule has 1 aliphatic rings. The molecule has 0 unspecified atom stereocenters. The Morgan fingerprint density at radius 2 is 1.79 bits per heavy atom. The van der Waals surface area contributed by atoms with Crippen LogP contribution >= 0.6 is 0 Å². The second-order valence-corrected chi connectivity index (χ2v) is 5.58. The lowest BCUT2D eigenvalue weighted by molar-refractivity contribution is -0.0475. The fraction of sp³-hybridized carbons (Fsp3) is 0.600. The second-order valence-electron chi connectivity index (χ2n) is 5.58. The van der Waals surface area contributed by atoms with Gasteiger partial charge in [0.25, 0.3) is 0 Å². The number of methoxy groups -OCH3 is 1. The molecule has 0 N–H and O–H groups in total. The van der Waals surface area contributed by atoms with Crippen LogP contribution in [0.25, 0.3) is 0 Å². The van der Waals surface area contributed by atoms with E-state index in [4.69, 9.17) is 4.74 Å². The third-order valence-corrected chi connectivity index (χ3v) is 4.25. The van der Waals surface area contributed by atoms with Crippen LogP contribution in [0, 0.1) is 23.4 Å². The molecular formula is C15H19F3O. The third-order valence-electron chi connectivity index (χ3n) is 4.25. The van der Waals surface area contributed by atoms with E-state index in [1.807, 2.05) is 0 Å². The number of rotatable bonds is 3. The normalized spacial score (nSPS) is 27.5. The van der Waals surface area contributed by atoms with Gasteiger partial charge in [0.05, 0.1) is 5.60 Å². The first-order chi connectivity index (χ1) is 8.97. The average Bonchev–Trinajstić information content (AvgIpc) is 2.42. The molecule has 0 amide bonds. The molecule has 1 nitrogen and oxygen atoms in total. The molecule has 0 saturated heterocycles. The van der Waals surface area contributed by atoms with Crippen LogP contribution in [0.4, 0.5) is 13.2 Å². The molecule has 1 fully saturated rings. The lowest BCUT2D eigenvalue weighted by Gasteiger charge is -2.38. The molecule has 1 aromatic rings. The summed E-state index contributed by atoms with van der Waals surface area (Å²) in [7, 11) is 1.60. The van der Waals surface area contributed by atoms with Gasteiger partial charge in [-0.3, -0.25) is 0 Å². The minimum absolute atomic E-state index is 0.190. The number of hydrogen-bond acceptors (Lipinski definition) is 1. The molecule has 1 saturated carbocycles. The summed E-state index contributed by atoms with van der Waals surface area (Å²) in [6.45, 7) is 2.18. The van der Waals surface area contributed by atoms with Gasteiger partial charge in [-0.15, -0.1) is 0 Å². The highest BCUT2D eigenvalue weighted by molar-refractivity contribution is 5.22. The summed E-state index contributed by atoms with van der Waals surface area (Å²) in [5, 5.41) is 0. The molecule has 0 atom stereocenters. The Labute approximate surface area is 111 Å². The molecule has 4 heteroatoms. The molecule has 0 aromatic heterocycles.